The van der Waals surface area contributed by atoms with E-state index in [2.05, 4.69) is 48.5 Å². The molecule has 4 aromatic rings. The fourth-order valence-electron chi connectivity index (χ4n) is 4.32. The van der Waals surface area contributed by atoms with Crippen molar-refractivity contribution in [1.29, 1.82) is 0 Å². The highest BCUT2D eigenvalue weighted by Crippen LogP contribution is 2.40. The molecule has 0 unspecified atom stereocenters. The van der Waals surface area contributed by atoms with Gasteiger partial charge in [0.1, 0.15) is 12.2 Å². The van der Waals surface area contributed by atoms with E-state index in [0.29, 0.717) is 19.6 Å². The van der Waals surface area contributed by atoms with Crippen LogP contribution in [-0.2, 0) is 26.5 Å². The minimum atomic E-state index is -0.863. The SMILES string of the molecule is O=C(CCCCOCc1ccccc1)COC(c1ccccc1)(c1ccccc1)c1ccccc1. The van der Waals surface area contributed by atoms with Gasteiger partial charge < -0.3 is 9.47 Å². The van der Waals surface area contributed by atoms with Crippen LogP contribution in [0.4, 0.5) is 0 Å². The number of hydrogen-bond donors (Lipinski definition) is 0. The summed E-state index contributed by atoms with van der Waals surface area (Å²) in [6.45, 7) is 1.29. The van der Waals surface area contributed by atoms with Crippen LogP contribution in [0, 0.1) is 0 Å². The van der Waals surface area contributed by atoms with Crippen molar-refractivity contribution in [3.05, 3.63) is 144 Å². The molecule has 0 amide bonds. The van der Waals surface area contributed by atoms with E-state index >= 15 is 0 Å². The summed E-state index contributed by atoms with van der Waals surface area (Å²) >= 11 is 0. The molecule has 0 spiro atoms. The maximum absolute atomic E-state index is 12.9. The van der Waals surface area contributed by atoms with E-state index in [9.17, 15) is 4.79 Å². The molecule has 3 nitrogen and oxygen atoms in total. The monoisotopic (exact) mass is 464 g/mol. The standard InChI is InChI=1S/C32H32O3/c33-31(23-13-14-24-34-25-27-15-5-1-6-16-27)26-35-32(28-17-7-2-8-18-28,29-19-9-3-10-20-29)30-21-11-4-12-22-30/h1-12,15-22H,13-14,23-26H2. The first-order chi connectivity index (χ1) is 17.3. The van der Waals surface area contributed by atoms with Gasteiger partial charge >= 0.3 is 0 Å². The lowest BCUT2D eigenvalue weighted by molar-refractivity contribution is -0.127. The molecule has 0 aliphatic rings. The fourth-order valence-corrected chi connectivity index (χ4v) is 4.32. The van der Waals surface area contributed by atoms with Crippen molar-refractivity contribution in [1.82, 2.24) is 0 Å². The van der Waals surface area contributed by atoms with Crippen molar-refractivity contribution in [2.45, 2.75) is 31.5 Å². The van der Waals surface area contributed by atoms with Gasteiger partial charge in [-0.25, -0.2) is 0 Å². The van der Waals surface area contributed by atoms with Crippen LogP contribution >= 0.6 is 0 Å². The Morgan fingerprint density at radius 3 is 1.54 bits per heavy atom. The van der Waals surface area contributed by atoms with Crippen LogP contribution in [0.1, 0.15) is 41.5 Å². The number of benzene rings is 4. The van der Waals surface area contributed by atoms with Crippen molar-refractivity contribution in [3.8, 4) is 0 Å². The smallest absolute Gasteiger partial charge is 0.158 e. The topological polar surface area (TPSA) is 35.5 Å². The van der Waals surface area contributed by atoms with Gasteiger partial charge in [0.2, 0.25) is 0 Å². The second-order valence-corrected chi connectivity index (χ2v) is 8.60. The van der Waals surface area contributed by atoms with E-state index in [1.807, 2.05) is 72.8 Å². The molecule has 35 heavy (non-hydrogen) atoms. The zero-order chi connectivity index (χ0) is 24.2. The second kappa shape index (κ2) is 12.8. The summed E-state index contributed by atoms with van der Waals surface area (Å²) in [6, 6.07) is 40.6. The van der Waals surface area contributed by atoms with Crippen molar-refractivity contribution in [2.24, 2.45) is 0 Å². The highest BCUT2D eigenvalue weighted by Gasteiger charge is 2.37. The second-order valence-electron chi connectivity index (χ2n) is 8.60. The first kappa shape index (κ1) is 24.6. The van der Waals surface area contributed by atoms with E-state index < -0.39 is 5.60 Å². The Labute approximate surface area is 208 Å². The average Bonchev–Trinajstić information content (AvgIpc) is 2.93. The maximum Gasteiger partial charge on any atom is 0.158 e. The van der Waals surface area contributed by atoms with Crippen LogP contribution in [0.3, 0.4) is 0 Å². The van der Waals surface area contributed by atoms with E-state index in [4.69, 9.17) is 9.47 Å². The lowest BCUT2D eigenvalue weighted by atomic mass is 9.80. The van der Waals surface area contributed by atoms with Crippen LogP contribution in [0.5, 0.6) is 0 Å². The van der Waals surface area contributed by atoms with E-state index in [1.165, 1.54) is 0 Å². The lowest BCUT2D eigenvalue weighted by Gasteiger charge is -2.35. The molecule has 0 saturated carbocycles. The predicted octanol–water partition coefficient (Wildman–Crippen LogP) is 6.95. The van der Waals surface area contributed by atoms with Crippen LogP contribution in [0.2, 0.25) is 0 Å². The van der Waals surface area contributed by atoms with Crippen molar-refractivity contribution < 1.29 is 14.3 Å². The molecule has 4 aromatic carbocycles. The zero-order valence-electron chi connectivity index (χ0n) is 20.0. The summed E-state index contributed by atoms with van der Waals surface area (Å²) in [6.07, 6.45) is 2.11. The number of ether oxygens (including phenoxy) is 2. The predicted molar refractivity (Wildman–Crippen MR) is 140 cm³/mol. The summed E-state index contributed by atoms with van der Waals surface area (Å²) in [4.78, 5) is 12.9. The molecule has 0 saturated heterocycles. The molecule has 0 radical (unpaired) electrons. The van der Waals surface area contributed by atoms with Crippen molar-refractivity contribution in [3.63, 3.8) is 0 Å². The Hall–Kier alpha value is -3.53. The number of rotatable bonds is 13. The van der Waals surface area contributed by atoms with Crippen LogP contribution in [-0.4, -0.2) is 19.0 Å². The summed E-state index contributed by atoms with van der Waals surface area (Å²) < 4.78 is 12.4. The van der Waals surface area contributed by atoms with Gasteiger partial charge in [-0.15, -0.1) is 0 Å². The van der Waals surface area contributed by atoms with Crippen LogP contribution in [0.25, 0.3) is 0 Å². The molecule has 0 aromatic heterocycles. The normalized spacial score (nSPS) is 11.3. The van der Waals surface area contributed by atoms with Gasteiger partial charge in [-0.1, -0.05) is 121 Å². The maximum atomic E-state index is 12.9. The molecule has 0 bridgehead atoms. The Morgan fingerprint density at radius 1 is 0.600 bits per heavy atom. The largest absolute Gasteiger partial charge is 0.377 e. The molecule has 0 aliphatic carbocycles. The molecular weight excluding hydrogens is 432 g/mol. The minimum absolute atomic E-state index is 0.0452. The summed E-state index contributed by atoms with van der Waals surface area (Å²) in [5.41, 5.74) is 3.30. The fraction of sp³-hybridized carbons (Fsp3) is 0.219. The number of unbranched alkanes of at least 4 members (excludes halogenated alkanes) is 1. The number of carbonyl (C=O) groups excluding carboxylic acids is 1. The molecular formula is C32H32O3. The molecule has 0 atom stereocenters. The third-order valence-electron chi connectivity index (χ3n) is 6.10. The quantitative estimate of drug-likeness (QED) is 0.159. The van der Waals surface area contributed by atoms with Gasteiger partial charge in [-0.3, -0.25) is 4.79 Å². The van der Waals surface area contributed by atoms with Crippen molar-refractivity contribution >= 4 is 5.78 Å². The van der Waals surface area contributed by atoms with Crippen LogP contribution in [0.15, 0.2) is 121 Å². The van der Waals surface area contributed by atoms with Gasteiger partial charge in [-0.05, 0) is 35.1 Å². The van der Waals surface area contributed by atoms with Gasteiger partial charge in [-0.2, -0.15) is 0 Å². The number of hydrogen-bond acceptors (Lipinski definition) is 3. The first-order valence-corrected chi connectivity index (χ1v) is 12.2. The Kier molecular flexibility index (Phi) is 8.99. The average molecular weight is 465 g/mol. The van der Waals surface area contributed by atoms with Gasteiger partial charge in [0.05, 0.1) is 6.61 Å². The zero-order valence-corrected chi connectivity index (χ0v) is 20.0. The summed E-state index contributed by atoms with van der Waals surface area (Å²) in [5, 5.41) is 0. The third-order valence-corrected chi connectivity index (χ3v) is 6.10. The molecule has 0 aliphatic heterocycles. The van der Waals surface area contributed by atoms with E-state index in [-0.39, 0.29) is 12.4 Å². The molecule has 0 fully saturated rings. The minimum Gasteiger partial charge on any atom is -0.377 e. The van der Waals surface area contributed by atoms with Gasteiger partial charge in [0.25, 0.3) is 0 Å². The highest BCUT2D eigenvalue weighted by molar-refractivity contribution is 5.79. The number of ketones is 1. The van der Waals surface area contributed by atoms with E-state index in [0.717, 1.165) is 35.1 Å². The van der Waals surface area contributed by atoms with Gasteiger partial charge in [0, 0.05) is 13.0 Å². The van der Waals surface area contributed by atoms with Crippen LogP contribution < -0.4 is 0 Å². The molecule has 0 N–H and O–H groups in total. The summed E-state index contributed by atoms with van der Waals surface area (Å²) in [5.74, 6) is 0.0974. The molecule has 0 heterocycles. The number of Topliss-reactive ketones (excluding diaryl/α,β-unsaturated/α-hetero) is 1. The summed E-state index contributed by atoms with van der Waals surface area (Å²) in [7, 11) is 0. The number of carbonyl (C=O) groups is 1. The van der Waals surface area contributed by atoms with E-state index in [1.54, 1.807) is 0 Å². The molecule has 3 heteroatoms. The molecule has 4 rings (SSSR count). The van der Waals surface area contributed by atoms with Gasteiger partial charge in [0.15, 0.2) is 5.78 Å². The van der Waals surface area contributed by atoms with Crippen molar-refractivity contribution in [2.75, 3.05) is 13.2 Å². The third kappa shape index (κ3) is 6.54. The highest BCUT2D eigenvalue weighted by atomic mass is 16.5. The Morgan fingerprint density at radius 2 is 1.06 bits per heavy atom. The Balaban J connectivity index is 1.41. The lowest BCUT2D eigenvalue weighted by Crippen LogP contribution is -2.34. The molecule has 178 valence electrons. The Bertz CT molecular complexity index is 1050. The first-order valence-electron chi connectivity index (χ1n) is 12.2.